The maximum absolute atomic E-state index is 12.3. The summed E-state index contributed by atoms with van der Waals surface area (Å²) in [7, 11) is 3.69. The van der Waals surface area contributed by atoms with Crippen LogP contribution in [-0.4, -0.2) is 37.9 Å². The average molecular weight is 290 g/mol. The van der Waals surface area contributed by atoms with Gasteiger partial charge >= 0.3 is 0 Å². The highest BCUT2D eigenvalue weighted by molar-refractivity contribution is 8.00. The minimum atomic E-state index is -0.188. The second-order valence-electron chi connectivity index (χ2n) is 4.66. The van der Waals surface area contributed by atoms with Crippen LogP contribution >= 0.6 is 11.8 Å². The Morgan fingerprint density at radius 1 is 1.40 bits per heavy atom. The normalized spacial score (nSPS) is 12.2. The van der Waals surface area contributed by atoms with E-state index in [9.17, 15) is 4.79 Å². The third-order valence-electron chi connectivity index (χ3n) is 2.94. The van der Waals surface area contributed by atoms with Gasteiger partial charge in [-0.1, -0.05) is 42.1 Å². The van der Waals surface area contributed by atoms with Crippen LogP contribution in [0.25, 0.3) is 0 Å². The van der Waals surface area contributed by atoms with Crippen LogP contribution in [0.15, 0.2) is 41.8 Å². The Morgan fingerprint density at radius 2 is 2.10 bits per heavy atom. The first-order chi connectivity index (χ1) is 9.58. The van der Waals surface area contributed by atoms with E-state index in [0.29, 0.717) is 6.54 Å². The number of rotatable bonds is 5. The van der Waals surface area contributed by atoms with E-state index in [1.54, 1.807) is 11.2 Å². The van der Waals surface area contributed by atoms with E-state index in [4.69, 9.17) is 0 Å². The number of hydrogen-bond donors (Lipinski definition) is 0. The lowest BCUT2D eigenvalue weighted by Gasteiger charge is -2.20. The van der Waals surface area contributed by atoms with Crippen molar-refractivity contribution in [3.63, 3.8) is 0 Å². The Bertz CT molecular complexity index is 570. The molecule has 0 aliphatic rings. The molecule has 0 fully saturated rings. The van der Waals surface area contributed by atoms with Gasteiger partial charge in [0.2, 0.25) is 5.91 Å². The maximum atomic E-state index is 12.3. The molecule has 0 bridgehead atoms. The molecule has 2 rings (SSSR count). The van der Waals surface area contributed by atoms with Crippen LogP contribution < -0.4 is 0 Å². The van der Waals surface area contributed by atoms with Gasteiger partial charge in [-0.15, -0.1) is 10.2 Å². The molecule has 20 heavy (non-hydrogen) atoms. The zero-order valence-electron chi connectivity index (χ0n) is 11.9. The van der Waals surface area contributed by atoms with Crippen LogP contribution in [0.2, 0.25) is 0 Å². The molecule has 0 aliphatic heterocycles. The van der Waals surface area contributed by atoms with E-state index in [1.165, 1.54) is 11.8 Å². The highest BCUT2D eigenvalue weighted by Crippen LogP contribution is 2.21. The zero-order chi connectivity index (χ0) is 14.5. The van der Waals surface area contributed by atoms with Crippen molar-refractivity contribution in [1.82, 2.24) is 19.7 Å². The van der Waals surface area contributed by atoms with Gasteiger partial charge in [-0.3, -0.25) is 4.79 Å². The van der Waals surface area contributed by atoms with E-state index >= 15 is 0 Å². The van der Waals surface area contributed by atoms with Gasteiger partial charge in [-0.05, 0) is 12.5 Å². The number of aryl methyl sites for hydroxylation is 1. The molecule has 1 unspecified atom stereocenters. The zero-order valence-corrected chi connectivity index (χ0v) is 12.7. The predicted octanol–water partition coefficient (Wildman–Crippen LogP) is 1.95. The Labute approximate surface area is 123 Å². The molecule has 6 heteroatoms. The second-order valence-corrected chi connectivity index (χ2v) is 5.97. The molecule has 1 aromatic carbocycles. The number of thioether (sulfide) groups is 1. The van der Waals surface area contributed by atoms with E-state index in [-0.39, 0.29) is 11.2 Å². The first-order valence-electron chi connectivity index (χ1n) is 6.37. The van der Waals surface area contributed by atoms with Gasteiger partial charge in [0.05, 0.1) is 5.25 Å². The number of aromatic nitrogens is 3. The summed E-state index contributed by atoms with van der Waals surface area (Å²) in [6.45, 7) is 2.51. The van der Waals surface area contributed by atoms with Crippen LogP contribution in [0.3, 0.4) is 0 Å². The monoisotopic (exact) mass is 290 g/mol. The summed E-state index contributed by atoms with van der Waals surface area (Å²) in [6, 6.07) is 9.96. The van der Waals surface area contributed by atoms with Crippen molar-refractivity contribution in [3.8, 4) is 0 Å². The lowest BCUT2D eigenvalue weighted by atomic mass is 10.2. The average Bonchev–Trinajstić information content (AvgIpc) is 2.84. The van der Waals surface area contributed by atoms with Gasteiger partial charge in [-0.2, -0.15) is 0 Å². The van der Waals surface area contributed by atoms with E-state index in [2.05, 4.69) is 10.2 Å². The van der Waals surface area contributed by atoms with Crippen molar-refractivity contribution in [1.29, 1.82) is 0 Å². The Hall–Kier alpha value is -1.82. The van der Waals surface area contributed by atoms with E-state index in [0.717, 1.165) is 10.7 Å². The van der Waals surface area contributed by atoms with Gasteiger partial charge in [0, 0.05) is 20.6 Å². The molecule has 5 nitrogen and oxygen atoms in total. The Kier molecular flexibility index (Phi) is 4.79. The lowest BCUT2D eigenvalue weighted by molar-refractivity contribution is -0.129. The third kappa shape index (κ3) is 3.60. The SMILES string of the molecule is CC(Sc1nncn1C)C(=O)N(C)Cc1ccccc1. The summed E-state index contributed by atoms with van der Waals surface area (Å²) in [5.74, 6) is 0.0850. The number of carbonyl (C=O) groups is 1. The molecular weight excluding hydrogens is 272 g/mol. The number of carbonyl (C=O) groups excluding carboxylic acids is 1. The molecular formula is C14H18N4OS. The minimum absolute atomic E-state index is 0.0850. The molecule has 1 aromatic heterocycles. The van der Waals surface area contributed by atoms with Crippen LogP contribution in [0.5, 0.6) is 0 Å². The number of amides is 1. The van der Waals surface area contributed by atoms with Crippen LogP contribution in [-0.2, 0) is 18.4 Å². The molecule has 1 atom stereocenters. The summed E-state index contributed by atoms with van der Waals surface area (Å²) in [4.78, 5) is 14.1. The van der Waals surface area contributed by atoms with E-state index in [1.807, 2.05) is 55.9 Å². The van der Waals surface area contributed by atoms with Crippen molar-refractivity contribution >= 4 is 17.7 Å². The standard InChI is InChI=1S/C14H18N4OS/c1-11(20-14-16-15-10-18(14)3)13(19)17(2)9-12-7-5-4-6-8-12/h4-8,10-11H,9H2,1-3H3. The minimum Gasteiger partial charge on any atom is -0.340 e. The highest BCUT2D eigenvalue weighted by Gasteiger charge is 2.20. The van der Waals surface area contributed by atoms with Crippen LogP contribution in [0, 0.1) is 0 Å². The fourth-order valence-corrected chi connectivity index (χ4v) is 2.74. The van der Waals surface area contributed by atoms with Crippen molar-refractivity contribution in [2.24, 2.45) is 7.05 Å². The molecule has 106 valence electrons. The maximum Gasteiger partial charge on any atom is 0.235 e. The summed E-state index contributed by atoms with van der Waals surface area (Å²) in [5.41, 5.74) is 1.12. The van der Waals surface area contributed by atoms with Gasteiger partial charge in [0.15, 0.2) is 5.16 Å². The lowest BCUT2D eigenvalue weighted by Crippen LogP contribution is -2.32. The Morgan fingerprint density at radius 3 is 2.70 bits per heavy atom. The first kappa shape index (κ1) is 14.6. The quantitative estimate of drug-likeness (QED) is 0.790. The first-order valence-corrected chi connectivity index (χ1v) is 7.25. The smallest absolute Gasteiger partial charge is 0.235 e. The molecule has 0 radical (unpaired) electrons. The molecule has 0 aliphatic carbocycles. The van der Waals surface area contributed by atoms with Crippen LogP contribution in [0.4, 0.5) is 0 Å². The molecule has 2 aromatic rings. The molecule has 0 saturated carbocycles. The van der Waals surface area contributed by atoms with Crippen molar-refractivity contribution in [3.05, 3.63) is 42.2 Å². The fraction of sp³-hybridized carbons (Fsp3) is 0.357. The number of nitrogens with zero attached hydrogens (tertiary/aromatic N) is 4. The summed E-state index contributed by atoms with van der Waals surface area (Å²) in [6.07, 6.45) is 1.63. The molecule has 0 N–H and O–H groups in total. The number of benzene rings is 1. The van der Waals surface area contributed by atoms with Crippen LogP contribution in [0.1, 0.15) is 12.5 Å². The predicted molar refractivity (Wildman–Crippen MR) is 79.2 cm³/mol. The van der Waals surface area contributed by atoms with Gasteiger partial charge < -0.3 is 9.47 Å². The third-order valence-corrected chi connectivity index (χ3v) is 4.07. The fourth-order valence-electron chi connectivity index (χ4n) is 1.83. The van der Waals surface area contributed by atoms with E-state index < -0.39 is 0 Å². The van der Waals surface area contributed by atoms with Crippen molar-refractivity contribution in [2.75, 3.05) is 7.05 Å². The van der Waals surface area contributed by atoms with Gasteiger partial charge in [0.1, 0.15) is 6.33 Å². The molecule has 0 saturated heterocycles. The van der Waals surface area contributed by atoms with Gasteiger partial charge in [-0.25, -0.2) is 0 Å². The number of hydrogen-bond acceptors (Lipinski definition) is 4. The Balaban J connectivity index is 1.94. The second kappa shape index (κ2) is 6.56. The molecule has 1 amide bonds. The van der Waals surface area contributed by atoms with Gasteiger partial charge in [0.25, 0.3) is 0 Å². The summed E-state index contributed by atoms with van der Waals surface area (Å²) >= 11 is 1.42. The summed E-state index contributed by atoms with van der Waals surface area (Å²) in [5, 5.41) is 8.36. The topological polar surface area (TPSA) is 51.0 Å². The highest BCUT2D eigenvalue weighted by atomic mass is 32.2. The summed E-state index contributed by atoms with van der Waals surface area (Å²) < 4.78 is 1.81. The largest absolute Gasteiger partial charge is 0.340 e. The molecule has 0 spiro atoms. The van der Waals surface area contributed by atoms with Crippen molar-refractivity contribution in [2.45, 2.75) is 23.9 Å². The van der Waals surface area contributed by atoms with Crippen molar-refractivity contribution < 1.29 is 4.79 Å². The molecule has 1 heterocycles.